The second-order valence-corrected chi connectivity index (χ2v) is 5.50. The molecule has 1 atom stereocenters. The highest BCUT2D eigenvalue weighted by Crippen LogP contribution is 2.25. The zero-order chi connectivity index (χ0) is 16.6. The average molecular weight is 333 g/mol. The van der Waals surface area contributed by atoms with E-state index in [1.165, 1.54) is 17.1 Å². The van der Waals surface area contributed by atoms with E-state index in [0.717, 1.165) is 5.52 Å². The molecular formula is C15H13ClN4O3. The van der Waals surface area contributed by atoms with Crippen molar-refractivity contribution in [3.8, 4) is 0 Å². The number of carbonyl (C=O) groups excluding carboxylic acids is 1. The summed E-state index contributed by atoms with van der Waals surface area (Å²) in [6.45, 7) is 0. The number of carbonyl (C=O) groups is 1. The summed E-state index contributed by atoms with van der Waals surface area (Å²) in [5, 5.41) is 12.2. The van der Waals surface area contributed by atoms with Gasteiger partial charge in [-0.05, 0) is 12.1 Å². The molecule has 2 heterocycles. The van der Waals surface area contributed by atoms with E-state index >= 15 is 0 Å². The predicted molar refractivity (Wildman–Crippen MR) is 86.6 cm³/mol. The smallest absolute Gasteiger partial charge is 0.277 e. The second-order valence-electron chi connectivity index (χ2n) is 5.09. The number of fused-ring (bicyclic) bond motifs is 3. The summed E-state index contributed by atoms with van der Waals surface area (Å²) in [5.74, 6) is -0.577. The predicted octanol–water partition coefficient (Wildman–Crippen LogP) is 1.97. The van der Waals surface area contributed by atoms with Gasteiger partial charge >= 0.3 is 0 Å². The number of halogens is 1. The van der Waals surface area contributed by atoms with Crippen molar-refractivity contribution in [2.24, 2.45) is 12.2 Å². The van der Waals surface area contributed by atoms with Crippen LogP contribution in [-0.2, 0) is 11.8 Å². The van der Waals surface area contributed by atoms with Crippen molar-refractivity contribution in [3.63, 3.8) is 0 Å². The van der Waals surface area contributed by atoms with Crippen molar-refractivity contribution in [2.75, 3.05) is 0 Å². The average Bonchev–Trinajstić information content (AvgIpc) is 2.97. The van der Waals surface area contributed by atoms with E-state index < -0.39 is 5.92 Å². The minimum absolute atomic E-state index is 0.0630. The molecule has 0 aliphatic heterocycles. The first-order chi connectivity index (χ1) is 11.1. The summed E-state index contributed by atoms with van der Waals surface area (Å²) >= 11 is 6.21. The Morgan fingerprint density at radius 1 is 1.43 bits per heavy atom. The number of rotatable bonds is 4. The fourth-order valence-electron chi connectivity index (χ4n) is 2.75. The van der Waals surface area contributed by atoms with Crippen molar-refractivity contribution in [2.45, 2.75) is 12.3 Å². The van der Waals surface area contributed by atoms with Crippen molar-refractivity contribution in [1.82, 2.24) is 14.0 Å². The lowest BCUT2D eigenvalue weighted by Crippen LogP contribution is -2.21. The number of para-hydroxylation sites is 1. The van der Waals surface area contributed by atoms with Crippen LogP contribution in [0.3, 0.4) is 0 Å². The first-order valence-electron chi connectivity index (χ1n) is 6.85. The maximum atomic E-state index is 12.7. The highest BCUT2D eigenvalue weighted by Gasteiger charge is 2.21. The van der Waals surface area contributed by atoms with Gasteiger partial charge in [0, 0.05) is 19.4 Å². The highest BCUT2D eigenvalue weighted by atomic mass is 35.5. The maximum absolute atomic E-state index is 12.7. The molecule has 3 rings (SSSR count). The molecule has 1 N–H and O–H groups in total. The monoisotopic (exact) mass is 332 g/mol. The Morgan fingerprint density at radius 2 is 2.22 bits per heavy atom. The van der Waals surface area contributed by atoms with Gasteiger partial charge in [-0.25, -0.2) is 4.98 Å². The van der Waals surface area contributed by atoms with Crippen molar-refractivity contribution >= 4 is 40.7 Å². The highest BCUT2D eigenvalue weighted by molar-refractivity contribution is 6.35. The lowest BCUT2D eigenvalue weighted by molar-refractivity contribution is -0.107. The molecular weight excluding hydrogens is 320 g/mol. The van der Waals surface area contributed by atoms with E-state index in [1.807, 2.05) is 6.07 Å². The van der Waals surface area contributed by atoms with Crippen LogP contribution < -0.4 is 5.56 Å². The summed E-state index contributed by atoms with van der Waals surface area (Å²) in [6, 6.07) is 5.32. The van der Waals surface area contributed by atoms with Gasteiger partial charge in [-0.2, -0.15) is 0 Å². The minimum atomic E-state index is -0.577. The lowest BCUT2D eigenvalue weighted by Gasteiger charge is -2.11. The summed E-state index contributed by atoms with van der Waals surface area (Å²) < 4.78 is 3.09. The molecule has 8 heteroatoms. The molecule has 1 aromatic carbocycles. The lowest BCUT2D eigenvalue weighted by atomic mass is 10.0. The molecule has 0 saturated heterocycles. The standard InChI is InChI=1S/C15H13ClN4O3/c1-19-13-10(16)3-2-4-11(13)20-8-17-12(14(20)15(19)22)9(5-6-21)7-18-23/h2-4,6-9,23H,5H2,1H3/b18-7-. The van der Waals surface area contributed by atoms with Crippen LogP contribution in [0.2, 0.25) is 5.02 Å². The normalized spacial score (nSPS) is 13.1. The Labute approximate surface area is 135 Å². The third-order valence-corrected chi connectivity index (χ3v) is 4.12. The first kappa shape index (κ1) is 15.2. The van der Waals surface area contributed by atoms with Gasteiger partial charge in [0.25, 0.3) is 5.56 Å². The van der Waals surface area contributed by atoms with Crippen LogP contribution in [0.15, 0.2) is 34.5 Å². The minimum Gasteiger partial charge on any atom is -0.411 e. The third-order valence-electron chi connectivity index (χ3n) is 3.81. The molecule has 0 amide bonds. The Balaban J connectivity index is 2.43. The number of aromatic nitrogens is 3. The van der Waals surface area contributed by atoms with E-state index in [4.69, 9.17) is 16.8 Å². The summed E-state index contributed by atoms with van der Waals surface area (Å²) in [6.07, 6.45) is 3.46. The maximum Gasteiger partial charge on any atom is 0.277 e. The van der Waals surface area contributed by atoms with Crippen LogP contribution in [0, 0.1) is 0 Å². The topological polar surface area (TPSA) is 89.0 Å². The van der Waals surface area contributed by atoms with Crippen LogP contribution in [0.25, 0.3) is 16.6 Å². The number of aldehydes is 1. The number of oxime groups is 1. The molecule has 0 aliphatic rings. The van der Waals surface area contributed by atoms with Gasteiger partial charge in [0.1, 0.15) is 18.1 Å². The van der Waals surface area contributed by atoms with Gasteiger partial charge in [0.05, 0.1) is 28.0 Å². The molecule has 3 aromatic rings. The van der Waals surface area contributed by atoms with E-state index in [1.54, 1.807) is 23.6 Å². The zero-order valence-corrected chi connectivity index (χ0v) is 12.9. The molecule has 0 fully saturated rings. The molecule has 23 heavy (non-hydrogen) atoms. The SMILES string of the molecule is Cn1c(=O)c2c(C(/C=N\O)CC=O)ncn2c2cccc(Cl)c21. The van der Waals surface area contributed by atoms with Crippen LogP contribution in [0.1, 0.15) is 18.0 Å². The molecule has 7 nitrogen and oxygen atoms in total. The molecule has 2 aromatic heterocycles. The molecule has 0 spiro atoms. The Morgan fingerprint density at radius 3 is 2.91 bits per heavy atom. The van der Waals surface area contributed by atoms with Gasteiger partial charge in [-0.15, -0.1) is 5.16 Å². The van der Waals surface area contributed by atoms with Gasteiger partial charge < -0.3 is 14.6 Å². The summed E-state index contributed by atoms with van der Waals surface area (Å²) in [7, 11) is 1.63. The van der Waals surface area contributed by atoms with Crippen LogP contribution >= 0.6 is 11.6 Å². The van der Waals surface area contributed by atoms with E-state index in [-0.39, 0.29) is 12.0 Å². The second kappa shape index (κ2) is 5.85. The van der Waals surface area contributed by atoms with Gasteiger partial charge in [-0.1, -0.05) is 17.7 Å². The van der Waals surface area contributed by atoms with Crippen molar-refractivity contribution in [3.05, 3.63) is 45.6 Å². The van der Waals surface area contributed by atoms with Crippen LogP contribution in [0.4, 0.5) is 0 Å². The van der Waals surface area contributed by atoms with Crippen molar-refractivity contribution in [1.29, 1.82) is 0 Å². The number of nitrogens with zero attached hydrogens (tertiary/aromatic N) is 4. The van der Waals surface area contributed by atoms with Crippen LogP contribution in [-0.4, -0.2) is 31.7 Å². The Bertz CT molecular complexity index is 990. The summed E-state index contributed by atoms with van der Waals surface area (Å²) in [4.78, 5) is 27.8. The van der Waals surface area contributed by atoms with Crippen molar-refractivity contribution < 1.29 is 10.0 Å². The molecule has 1 unspecified atom stereocenters. The molecule has 0 saturated carbocycles. The number of imidazole rings is 1. The fourth-order valence-corrected chi connectivity index (χ4v) is 3.04. The van der Waals surface area contributed by atoms with E-state index in [2.05, 4.69) is 10.1 Å². The molecule has 118 valence electrons. The first-order valence-corrected chi connectivity index (χ1v) is 7.23. The number of hydrogen-bond donors (Lipinski definition) is 1. The van der Waals surface area contributed by atoms with Gasteiger partial charge in [-0.3, -0.25) is 9.20 Å². The fraction of sp³-hybridized carbons (Fsp3) is 0.200. The van der Waals surface area contributed by atoms with Crippen LogP contribution in [0.5, 0.6) is 0 Å². The molecule has 0 bridgehead atoms. The quantitative estimate of drug-likeness (QED) is 0.342. The van der Waals surface area contributed by atoms with E-state index in [9.17, 15) is 9.59 Å². The van der Waals surface area contributed by atoms with Gasteiger partial charge in [0.2, 0.25) is 0 Å². The van der Waals surface area contributed by atoms with Gasteiger partial charge in [0.15, 0.2) is 0 Å². The number of hydrogen-bond acceptors (Lipinski definition) is 5. The third kappa shape index (κ3) is 2.29. The summed E-state index contributed by atoms with van der Waals surface area (Å²) in [5.41, 5.74) is 1.74. The largest absolute Gasteiger partial charge is 0.411 e. The Hall–Kier alpha value is -2.67. The zero-order valence-electron chi connectivity index (χ0n) is 12.2. The van der Waals surface area contributed by atoms with E-state index in [0.29, 0.717) is 28.0 Å². The Kier molecular flexibility index (Phi) is 3.87. The molecule has 0 aliphatic carbocycles. The number of benzene rings is 1. The number of aryl methyl sites for hydroxylation is 1. The molecule has 0 radical (unpaired) electrons.